The molecule has 5 heteroatoms. The zero-order valence-electron chi connectivity index (χ0n) is 6.79. The fraction of sp³-hybridized carbons (Fsp3) is 0.125. The summed E-state index contributed by atoms with van der Waals surface area (Å²) in [5, 5.41) is 11.3. The van der Waals surface area contributed by atoms with Crippen LogP contribution in [-0.4, -0.2) is 17.5 Å². The van der Waals surface area contributed by atoms with Crippen LogP contribution in [0.5, 0.6) is 5.75 Å². The highest BCUT2D eigenvalue weighted by atomic mass is 79.9. The molecule has 1 rings (SSSR count). The third-order valence-electron chi connectivity index (χ3n) is 1.48. The van der Waals surface area contributed by atoms with Gasteiger partial charge in [0.15, 0.2) is 5.17 Å². The molecule has 0 unspecified atom stereocenters. The summed E-state index contributed by atoms with van der Waals surface area (Å²) in [6.45, 7) is 0. The number of hydrogen-bond donors (Lipinski definition) is 1. The molecule has 0 bridgehead atoms. The summed E-state index contributed by atoms with van der Waals surface area (Å²) in [5.41, 5.74) is 0.622. The first-order valence-corrected chi connectivity index (χ1v) is 4.57. The molecular weight excluding hydrogens is 257 g/mol. The third kappa shape index (κ3) is 2.35. The van der Waals surface area contributed by atoms with Crippen LogP contribution in [-0.2, 0) is 0 Å². The maximum Gasteiger partial charge on any atom is 0.175 e. The number of rotatable bonds is 2. The molecule has 0 radical (unpaired) electrons. The van der Waals surface area contributed by atoms with Gasteiger partial charge in [-0.1, -0.05) is 16.8 Å². The van der Waals surface area contributed by atoms with Crippen molar-refractivity contribution >= 4 is 32.7 Å². The van der Waals surface area contributed by atoms with Crippen molar-refractivity contribution < 1.29 is 9.94 Å². The summed E-state index contributed by atoms with van der Waals surface area (Å²) in [6.07, 6.45) is 0. The van der Waals surface area contributed by atoms with Gasteiger partial charge in [-0.3, -0.25) is 0 Å². The first-order chi connectivity index (χ1) is 6.19. The van der Waals surface area contributed by atoms with E-state index in [1.54, 1.807) is 25.3 Å². The van der Waals surface area contributed by atoms with Crippen molar-refractivity contribution in [1.82, 2.24) is 0 Å². The van der Waals surface area contributed by atoms with Gasteiger partial charge in [-0.15, -0.1) is 0 Å². The summed E-state index contributed by atoms with van der Waals surface area (Å²) in [4.78, 5) is 0. The van der Waals surface area contributed by atoms with Gasteiger partial charge in [-0.2, -0.15) is 0 Å². The molecule has 0 spiro atoms. The van der Waals surface area contributed by atoms with E-state index in [0.717, 1.165) is 4.47 Å². The quantitative estimate of drug-likeness (QED) is 0.507. The maximum atomic E-state index is 8.42. The van der Waals surface area contributed by atoms with Crippen LogP contribution < -0.4 is 4.74 Å². The van der Waals surface area contributed by atoms with Gasteiger partial charge in [0.2, 0.25) is 0 Å². The van der Waals surface area contributed by atoms with Crippen molar-refractivity contribution in [2.45, 2.75) is 0 Å². The molecule has 1 aromatic carbocycles. The Morgan fingerprint density at radius 1 is 1.62 bits per heavy atom. The number of methoxy groups -OCH3 is 1. The minimum atomic E-state index is 0.0448. The van der Waals surface area contributed by atoms with Crippen LogP contribution in [0.4, 0.5) is 0 Å². The average Bonchev–Trinajstić information content (AvgIpc) is 2.16. The second-order valence-electron chi connectivity index (χ2n) is 2.24. The van der Waals surface area contributed by atoms with E-state index in [4.69, 9.17) is 21.5 Å². The van der Waals surface area contributed by atoms with Crippen molar-refractivity contribution in [2.24, 2.45) is 5.16 Å². The minimum absolute atomic E-state index is 0.0448. The lowest BCUT2D eigenvalue weighted by Crippen LogP contribution is -1.92. The Morgan fingerprint density at radius 3 is 2.77 bits per heavy atom. The predicted molar refractivity (Wildman–Crippen MR) is 54.9 cm³/mol. The highest BCUT2D eigenvalue weighted by Gasteiger charge is 2.04. The zero-order valence-corrected chi connectivity index (χ0v) is 9.13. The van der Waals surface area contributed by atoms with Crippen molar-refractivity contribution in [3.63, 3.8) is 0 Å². The fourth-order valence-corrected chi connectivity index (χ4v) is 1.51. The number of oxime groups is 1. The van der Waals surface area contributed by atoms with E-state index in [0.29, 0.717) is 11.3 Å². The van der Waals surface area contributed by atoms with E-state index in [9.17, 15) is 0 Å². The molecule has 0 saturated heterocycles. The SMILES string of the molecule is COc1ccc(/C(Cl)=N/O)cc1Br. The topological polar surface area (TPSA) is 41.8 Å². The first kappa shape index (κ1) is 10.3. The van der Waals surface area contributed by atoms with Crippen molar-refractivity contribution in [1.29, 1.82) is 0 Å². The molecule has 0 aliphatic carbocycles. The average molecular weight is 265 g/mol. The summed E-state index contributed by atoms with van der Waals surface area (Å²) in [7, 11) is 1.57. The van der Waals surface area contributed by atoms with Crippen molar-refractivity contribution in [3.05, 3.63) is 28.2 Å². The maximum absolute atomic E-state index is 8.42. The molecule has 1 N–H and O–H groups in total. The van der Waals surface area contributed by atoms with Crippen LogP contribution in [0.25, 0.3) is 0 Å². The van der Waals surface area contributed by atoms with Gasteiger partial charge in [0.25, 0.3) is 0 Å². The molecule has 0 aromatic heterocycles. The molecular formula is C8H7BrClNO2. The Kier molecular flexibility index (Phi) is 3.57. The summed E-state index contributed by atoms with van der Waals surface area (Å²) < 4.78 is 5.78. The zero-order chi connectivity index (χ0) is 9.84. The van der Waals surface area contributed by atoms with Gasteiger partial charge in [0.1, 0.15) is 5.75 Å². The predicted octanol–water partition coefficient (Wildman–Crippen LogP) is 2.83. The molecule has 0 atom stereocenters. The Labute approximate surface area is 89.1 Å². The standard InChI is InChI=1S/C8H7BrClNO2/c1-13-7-3-2-5(4-6(7)9)8(10)11-12/h2-4,12H,1H3/b11-8-. The number of nitrogens with zero attached hydrogens (tertiary/aromatic N) is 1. The Morgan fingerprint density at radius 2 is 2.31 bits per heavy atom. The van der Waals surface area contributed by atoms with Crippen LogP contribution >= 0.6 is 27.5 Å². The fourth-order valence-electron chi connectivity index (χ4n) is 0.852. The van der Waals surface area contributed by atoms with E-state index in [2.05, 4.69) is 21.1 Å². The molecule has 0 fully saturated rings. The number of ether oxygens (including phenoxy) is 1. The van der Waals surface area contributed by atoms with Crippen molar-refractivity contribution in [3.8, 4) is 5.75 Å². The van der Waals surface area contributed by atoms with Crippen LogP contribution in [0.3, 0.4) is 0 Å². The molecule has 1 aromatic rings. The number of hydrogen-bond acceptors (Lipinski definition) is 3. The van der Waals surface area contributed by atoms with Crippen LogP contribution in [0.2, 0.25) is 0 Å². The lowest BCUT2D eigenvalue weighted by Gasteiger charge is -2.03. The van der Waals surface area contributed by atoms with E-state index in [1.165, 1.54) is 0 Å². The van der Waals surface area contributed by atoms with Gasteiger partial charge < -0.3 is 9.94 Å². The van der Waals surface area contributed by atoms with Gasteiger partial charge in [-0.25, -0.2) is 0 Å². The Balaban J connectivity index is 3.10. The number of halogens is 2. The smallest absolute Gasteiger partial charge is 0.175 e. The van der Waals surface area contributed by atoms with E-state index < -0.39 is 0 Å². The second-order valence-corrected chi connectivity index (χ2v) is 3.45. The van der Waals surface area contributed by atoms with Crippen LogP contribution in [0.1, 0.15) is 5.56 Å². The molecule has 0 aliphatic heterocycles. The third-order valence-corrected chi connectivity index (χ3v) is 2.39. The molecule has 70 valence electrons. The normalized spacial score (nSPS) is 11.5. The largest absolute Gasteiger partial charge is 0.496 e. The summed E-state index contributed by atoms with van der Waals surface area (Å²) >= 11 is 8.88. The summed E-state index contributed by atoms with van der Waals surface area (Å²) in [6, 6.07) is 5.14. The van der Waals surface area contributed by atoms with Crippen molar-refractivity contribution in [2.75, 3.05) is 7.11 Å². The molecule has 0 heterocycles. The highest BCUT2D eigenvalue weighted by molar-refractivity contribution is 9.10. The molecule has 3 nitrogen and oxygen atoms in total. The highest BCUT2D eigenvalue weighted by Crippen LogP contribution is 2.26. The monoisotopic (exact) mass is 263 g/mol. The van der Waals surface area contributed by atoms with Gasteiger partial charge in [0.05, 0.1) is 11.6 Å². The van der Waals surface area contributed by atoms with Crippen LogP contribution in [0, 0.1) is 0 Å². The Bertz CT molecular complexity index is 341. The van der Waals surface area contributed by atoms with Gasteiger partial charge in [-0.05, 0) is 34.1 Å². The van der Waals surface area contributed by atoms with Gasteiger partial charge in [0, 0.05) is 5.56 Å². The van der Waals surface area contributed by atoms with Gasteiger partial charge >= 0.3 is 0 Å². The Hall–Kier alpha value is -0.740. The minimum Gasteiger partial charge on any atom is -0.496 e. The molecule has 0 amide bonds. The summed E-state index contributed by atoms with van der Waals surface area (Å²) in [5.74, 6) is 0.700. The van der Waals surface area contributed by atoms with E-state index >= 15 is 0 Å². The van der Waals surface area contributed by atoms with Crippen LogP contribution in [0.15, 0.2) is 27.8 Å². The molecule has 13 heavy (non-hydrogen) atoms. The molecule has 0 saturated carbocycles. The molecule has 0 aliphatic rings. The first-order valence-electron chi connectivity index (χ1n) is 3.40. The van der Waals surface area contributed by atoms with E-state index in [1.807, 2.05) is 0 Å². The van der Waals surface area contributed by atoms with E-state index in [-0.39, 0.29) is 5.17 Å². The lowest BCUT2D eigenvalue weighted by atomic mass is 10.2. The second kappa shape index (κ2) is 4.48. The number of benzene rings is 1. The lowest BCUT2D eigenvalue weighted by molar-refractivity contribution is 0.321.